The van der Waals surface area contributed by atoms with E-state index in [-0.39, 0.29) is 34.6 Å². The topological polar surface area (TPSA) is 126 Å². The van der Waals surface area contributed by atoms with E-state index in [4.69, 9.17) is 0 Å². The number of allylic oxidation sites excluding steroid dienone is 4. The van der Waals surface area contributed by atoms with Gasteiger partial charge in [0.1, 0.15) is 6.29 Å². The van der Waals surface area contributed by atoms with Gasteiger partial charge in [-0.1, -0.05) is 25.8 Å². The molecule has 1 aromatic carbocycles. The predicted octanol–water partition coefficient (Wildman–Crippen LogP) is 5.73. The fourth-order valence-corrected chi connectivity index (χ4v) is 3.18. The minimum absolute atomic E-state index is 0.0374. The molecule has 1 aromatic rings. The number of carbonyl (C=O) groups is 6. The van der Waals surface area contributed by atoms with E-state index in [2.05, 4.69) is 17.2 Å². The molecule has 1 amide bonds. The fourth-order valence-electron chi connectivity index (χ4n) is 3.18. The van der Waals surface area contributed by atoms with Gasteiger partial charge in [-0.25, -0.2) is 0 Å². The number of aldehydes is 1. The van der Waals surface area contributed by atoms with Crippen molar-refractivity contribution in [2.24, 2.45) is 0 Å². The van der Waals surface area contributed by atoms with E-state index in [1.165, 1.54) is 33.8 Å². The Morgan fingerprint density at radius 2 is 1.31 bits per heavy atom. The molecule has 0 atom stereocenters. The van der Waals surface area contributed by atoms with Crippen LogP contribution in [0.1, 0.15) is 100 Å². The highest BCUT2D eigenvalue weighted by Gasteiger charge is 2.08. The summed E-state index contributed by atoms with van der Waals surface area (Å²) in [4.78, 5) is 67.3. The number of unbranched alkanes of at least 4 members (excludes halogenated alkanes) is 5. The lowest BCUT2D eigenvalue weighted by atomic mass is 10.0. The second-order valence-corrected chi connectivity index (χ2v) is 9.25. The molecule has 0 radical (unpaired) electrons. The number of benzene rings is 1. The van der Waals surface area contributed by atoms with Gasteiger partial charge in [0.15, 0.2) is 23.1 Å². The van der Waals surface area contributed by atoms with Crippen molar-refractivity contribution in [3.63, 3.8) is 0 Å². The second-order valence-electron chi connectivity index (χ2n) is 9.25. The van der Waals surface area contributed by atoms with Crippen LogP contribution in [-0.2, 0) is 19.2 Å². The largest absolute Gasteiger partial charge is 0.388 e. The van der Waals surface area contributed by atoms with Crippen LogP contribution in [-0.4, -0.2) is 42.4 Å². The fraction of sp³-hybridized carbons (Fsp3) is 0.419. The molecule has 0 aliphatic carbocycles. The number of carbonyl (C=O) groups excluding carboxylic acids is 6. The zero-order valence-corrected chi connectivity index (χ0v) is 24.1. The summed E-state index contributed by atoms with van der Waals surface area (Å²) in [5, 5.41) is 5.65. The van der Waals surface area contributed by atoms with Gasteiger partial charge in [-0.15, -0.1) is 0 Å². The van der Waals surface area contributed by atoms with Crippen LogP contribution in [0.3, 0.4) is 0 Å². The number of anilines is 1. The van der Waals surface area contributed by atoms with Crippen molar-refractivity contribution in [3.05, 3.63) is 64.9 Å². The minimum Gasteiger partial charge on any atom is -0.388 e. The van der Waals surface area contributed by atoms with Gasteiger partial charge in [-0.3, -0.25) is 24.0 Å². The van der Waals surface area contributed by atoms with Crippen molar-refractivity contribution in [2.75, 3.05) is 12.4 Å². The molecule has 8 heteroatoms. The third-order valence-corrected chi connectivity index (χ3v) is 5.75. The molecule has 0 fully saturated rings. The molecule has 0 bridgehead atoms. The predicted molar refractivity (Wildman–Crippen MR) is 155 cm³/mol. The third kappa shape index (κ3) is 15.8. The summed E-state index contributed by atoms with van der Waals surface area (Å²) < 4.78 is 0. The lowest BCUT2D eigenvalue weighted by Crippen LogP contribution is -2.22. The van der Waals surface area contributed by atoms with Gasteiger partial charge in [-0.05, 0) is 83.4 Å². The lowest BCUT2D eigenvalue weighted by molar-refractivity contribution is -0.120. The summed E-state index contributed by atoms with van der Waals surface area (Å²) in [7, 11) is 1.75. The summed E-state index contributed by atoms with van der Waals surface area (Å²) in [6, 6.07) is 5.08. The summed E-state index contributed by atoms with van der Waals surface area (Å²) in [5.74, 6) is -0.544. The van der Waals surface area contributed by atoms with Crippen LogP contribution in [0.2, 0.25) is 0 Å². The van der Waals surface area contributed by atoms with E-state index in [1.54, 1.807) is 38.2 Å². The lowest BCUT2D eigenvalue weighted by Gasteiger charge is -2.08. The van der Waals surface area contributed by atoms with Gasteiger partial charge in [-0.2, -0.15) is 0 Å². The number of Topliss-reactive ketones (excluding diaryl/α,β-unsaturated/α-hetero) is 4. The van der Waals surface area contributed by atoms with Crippen molar-refractivity contribution < 1.29 is 28.8 Å². The van der Waals surface area contributed by atoms with Gasteiger partial charge in [0.05, 0.1) is 0 Å². The van der Waals surface area contributed by atoms with Crippen molar-refractivity contribution >= 4 is 41.0 Å². The third-order valence-electron chi connectivity index (χ3n) is 5.75. The van der Waals surface area contributed by atoms with Crippen LogP contribution in [0, 0.1) is 0 Å². The van der Waals surface area contributed by atoms with E-state index in [1.807, 2.05) is 0 Å². The van der Waals surface area contributed by atoms with Crippen molar-refractivity contribution in [3.8, 4) is 0 Å². The highest BCUT2D eigenvalue weighted by Crippen LogP contribution is 2.15. The molecule has 0 aliphatic rings. The number of hydrogen-bond donors (Lipinski definition) is 2. The highest BCUT2D eigenvalue weighted by atomic mass is 16.2. The molecule has 0 saturated heterocycles. The minimum atomic E-state index is -0.198. The monoisotopic (exact) mass is 538 g/mol. The van der Waals surface area contributed by atoms with Crippen molar-refractivity contribution in [2.45, 2.75) is 79.6 Å². The van der Waals surface area contributed by atoms with Crippen LogP contribution in [0.4, 0.5) is 5.69 Å². The number of rotatable bonds is 16. The number of nitrogens with one attached hydrogen (secondary N) is 2. The Hall–Kier alpha value is -3.94. The van der Waals surface area contributed by atoms with Gasteiger partial charge in [0, 0.05) is 48.0 Å². The van der Waals surface area contributed by atoms with Crippen LogP contribution in [0.15, 0.2) is 53.8 Å². The summed E-state index contributed by atoms with van der Waals surface area (Å²) in [6.45, 7) is 11.1. The summed E-state index contributed by atoms with van der Waals surface area (Å²) >= 11 is 0. The molecular weight excluding hydrogens is 496 g/mol. The number of ketones is 4. The van der Waals surface area contributed by atoms with E-state index in [0.717, 1.165) is 44.1 Å². The molecule has 8 nitrogen and oxygen atoms in total. The van der Waals surface area contributed by atoms with E-state index < -0.39 is 0 Å². The molecule has 0 unspecified atom stereocenters. The Morgan fingerprint density at radius 1 is 0.769 bits per heavy atom. The molecule has 212 valence electrons. The van der Waals surface area contributed by atoms with Gasteiger partial charge >= 0.3 is 0 Å². The average Bonchev–Trinajstić information content (AvgIpc) is 2.87. The first kappa shape index (κ1) is 35.1. The number of hydrogen-bond acceptors (Lipinski definition) is 7. The maximum atomic E-state index is 12.1. The molecule has 1 rings (SSSR count). The van der Waals surface area contributed by atoms with Gasteiger partial charge < -0.3 is 15.4 Å². The molecule has 0 spiro atoms. The van der Waals surface area contributed by atoms with Gasteiger partial charge in [0.25, 0.3) is 0 Å². The van der Waals surface area contributed by atoms with Crippen LogP contribution >= 0.6 is 0 Å². The molecule has 0 heterocycles. The highest BCUT2D eigenvalue weighted by molar-refractivity contribution is 6.01. The van der Waals surface area contributed by atoms with Crippen LogP contribution in [0.25, 0.3) is 0 Å². The Labute approximate surface area is 232 Å². The quantitative estimate of drug-likeness (QED) is 0.0905. The van der Waals surface area contributed by atoms with Crippen LogP contribution < -0.4 is 10.6 Å². The first-order valence-electron chi connectivity index (χ1n) is 13.0. The first-order valence-corrected chi connectivity index (χ1v) is 13.0. The molecule has 0 saturated carbocycles. The maximum Gasteiger partial charge on any atom is 0.224 e. The van der Waals surface area contributed by atoms with Crippen molar-refractivity contribution in [1.29, 1.82) is 0 Å². The van der Waals surface area contributed by atoms with E-state index >= 15 is 0 Å². The molecule has 39 heavy (non-hydrogen) atoms. The van der Waals surface area contributed by atoms with E-state index in [9.17, 15) is 28.8 Å². The zero-order valence-electron chi connectivity index (χ0n) is 24.1. The standard InChI is InChI=1S/C20H29NO4.C11H13NO2/c1-15(17(3)23)13-19(14-16(2)18(4)24)21-20(25)11-9-7-5-6-8-10-12-22;1-7(13)9-4-10(8(2)14)6-11(5-9)12-3/h12-14H,1,5-11H2,2-4H3,(H,21,25);4-6,12H,1-3H3/b16-14+,19-13+;. The zero-order chi connectivity index (χ0) is 30.0. The normalized spacial score (nSPS) is 11.0. The summed E-state index contributed by atoms with van der Waals surface area (Å²) in [6.07, 6.45) is 9.47. The smallest absolute Gasteiger partial charge is 0.224 e. The Kier molecular flexibility index (Phi) is 17.2. The maximum absolute atomic E-state index is 12.1. The number of amides is 1. The summed E-state index contributed by atoms with van der Waals surface area (Å²) in [5.41, 5.74) is 3.03. The van der Waals surface area contributed by atoms with E-state index in [0.29, 0.717) is 35.2 Å². The molecule has 0 aliphatic heterocycles. The van der Waals surface area contributed by atoms with Crippen LogP contribution in [0.5, 0.6) is 0 Å². The first-order chi connectivity index (χ1) is 18.3. The van der Waals surface area contributed by atoms with Crippen molar-refractivity contribution in [1.82, 2.24) is 5.32 Å². The SMILES string of the molecule is C=C(/C=C(\C=C(/C)C(C)=O)NC(=O)CCCCCCCC=O)C(C)=O.CNc1cc(C(C)=O)cc(C(C)=O)c1. The Bertz CT molecular complexity index is 1100. The second kappa shape index (κ2) is 19.2. The van der Waals surface area contributed by atoms with Gasteiger partial charge in [0.2, 0.25) is 5.91 Å². The molecular formula is C31H42N2O6. The Balaban J connectivity index is 0.000000864. The average molecular weight is 539 g/mol. The molecule has 2 N–H and O–H groups in total. The molecule has 0 aromatic heterocycles. The Morgan fingerprint density at radius 3 is 1.77 bits per heavy atom.